The molecule has 30 heavy (non-hydrogen) atoms. The second kappa shape index (κ2) is 7.19. The van der Waals surface area contributed by atoms with Crippen molar-refractivity contribution in [2.75, 3.05) is 13.1 Å². The highest BCUT2D eigenvalue weighted by molar-refractivity contribution is 5.12. The molecule has 0 spiro atoms. The minimum Gasteiger partial charge on any atom is -0.393 e. The second-order valence-corrected chi connectivity index (χ2v) is 13.1. The molecule has 2 heterocycles. The quantitative estimate of drug-likeness (QED) is 0.609. The third-order valence-corrected chi connectivity index (χ3v) is 12.0. The molecule has 3 nitrogen and oxygen atoms in total. The van der Waals surface area contributed by atoms with Gasteiger partial charge in [0.15, 0.2) is 0 Å². The molecular weight excluding hydrogens is 370 g/mol. The maximum absolute atomic E-state index is 11.2. The third kappa shape index (κ3) is 2.86. The number of hydrogen-bond donors (Lipinski definition) is 2. The Morgan fingerprint density at radius 1 is 0.733 bits per heavy atom. The van der Waals surface area contributed by atoms with Crippen LogP contribution < -0.4 is 0 Å². The standard InChI is InChI=1S/C27H45NO2/c1-15-4-7-25-16(2)18-5-6-19-20(22(18)14-28(25)13-15)11-23-21(19)12-26(30)24-10-17(29)8-9-27(23,24)3/h15-26,29-30H,4-14H2,1-3H3/t15?,16?,17?,18?,19?,20?,21?,22?,23?,24?,25?,26?,27-/m1/s1. The largest absolute Gasteiger partial charge is 0.393 e. The molecule has 0 aromatic carbocycles. The smallest absolute Gasteiger partial charge is 0.0577 e. The van der Waals surface area contributed by atoms with Crippen LogP contribution in [0.2, 0.25) is 0 Å². The van der Waals surface area contributed by atoms with Crippen LogP contribution in [0.4, 0.5) is 0 Å². The Morgan fingerprint density at radius 2 is 1.53 bits per heavy atom. The van der Waals surface area contributed by atoms with Gasteiger partial charge in [0, 0.05) is 19.1 Å². The zero-order valence-electron chi connectivity index (χ0n) is 19.5. The minimum atomic E-state index is -0.181. The minimum absolute atomic E-state index is 0.180. The summed E-state index contributed by atoms with van der Waals surface area (Å²) in [5.41, 5.74) is 0.261. The van der Waals surface area contributed by atoms with Crippen LogP contribution in [-0.2, 0) is 0 Å². The third-order valence-electron chi connectivity index (χ3n) is 12.0. The van der Waals surface area contributed by atoms with Crippen molar-refractivity contribution >= 4 is 0 Å². The fourth-order valence-corrected chi connectivity index (χ4v) is 10.6. The van der Waals surface area contributed by atoms with Gasteiger partial charge in [0.05, 0.1) is 12.2 Å². The van der Waals surface area contributed by atoms with E-state index < -0.39 is 0 Å². The van der Waals surface area contributed by atoms with E-state index in [0.717, 1.165) is 79.1 Å². The van der Waals surface area contributed by atoms with Crippen LogP contribution in [-0.4, -0.2) is 46.5 Å². The monoisotopic (exact) mass is 415 g/mol. The lowest BCUT2D eigenvalue weighted by Crippen LogP contribution is -2.58. The van der Waals surface area contributed by atoms with E-state index in [2.05, 4.69) is 25.7 Å². The Morgan fingerprint density at radius 3 is 2.37 bits per heavy atom. The Bertz CT molecular complexity index is 665. The summed E-state index contributed by atoms with van der Waals surface area (Å²) in [6, 6.07) is 0.853. The van der Waals surface area contributed by atoms with Gasteiger partial charge in [0.1, 0.15) is 0 Å². The van der Waals surface area contributed by atoms with Crippen molar-refractivity contribution in [3.8, 4) is 0 Å². The van der Waals surface area contributed by atoms with Gasteiger partial charge in [0.2, 0.25) is 0 Å². The van der Waals surface area contributed by atoms with Crippen molar-refractivity contribution in [2.24, 2.45) is 58.7 Å². The summed E-state index contributed by atoms with van der Waals surface area (Å²) >= 11 is 0. The van der Waals surface area contributed by atoms with Gasteiger partial charge in [-0.3, -0.25) is 4.90 Å². The van der Waals surface area contributed by atoms with Crippen LogP contribution in [0.25, 0.3) is 0 Å². The molecule has 0 amide bonds. The second-order valence-electron chi connectivity index (χ2n) is 13.1. The summed E-state index contributed by atoms with van der Waals surface area (Å²) in [5.74, 6) is 7.22. The first-order chi connectivity index (χ1) is 14.4. The van der Waals surface area contributed by atoms with E-state index in [1.807, 2.05) is 0 Å². The molecule has 6 fully saturated rings. The van der Waals surface area contributed by atoms with Crippen molar-refractivity contribution in [1.29, 1.82) is 0 Å². The van der Waals surface area contributed by atoms with Gasteiger partial charge in [-0.1, -0.05) is 20.8 Å². The van der Waals surface area contributed by atoms with E-state index >= 15 is 0 Å². The van der Waals surface area contributed by atoms with Gasteiger partial charge in [0.25, 0.3) is 0 Å². The average Bonchev–Trinajstić information content (AvgIpc) is 3.09. The van der Waals surface area contributed by atoms with Gasteiger partial charge >= 0.3 is 0 Å². The summed E-state index contributed by atoms with van der Waals surface area (Å²) in [7, 11) is 0. The molecule has 13 atom stereocenters. The average molecular weight is 416 g/mol. The van der Waals surface area contributed by atoms with Crippen molar-refractivity contribution in [1.82, 2.24) is 4.90 Å². The number of aliphatic hydroxyl groups excluding tert-OH is 2. The lowest BCUT2D eigenvalue weighted by molar-refractivity contribution is -0.130. The van der Waals surface area contributed by atoms with Crippen LogP contribution in [0.3, 0.4) is 0 Å². The zero-order valence-corrected chi connectivity index (χ0v) is 19.5. The predicted molar refractivity (Wildman–Crippen MR) is 120 cm³/mol. The lowest BCUT2D eigenvalue weighted by Gasteiger charge is -2.56. The Balaban J connectivity index is 1.28. The SMILES string of the molecule is CC1CCC2C(C)C3CCC4C(CC5C4CC(O)C4CC(O)CC[C@@]45C)C3CN2C1. The number of fused-ring (bicyclic) bond motifs is 8. The van der Waals surface area contributed by atoms with E-state index in [4.69, 9.17) is 0 Å². The van der Waals surface area contributed by atoms with Crippen LogP contribution in [0.5, 0.6) is 0 Å². The van der Waals surface area contributed by atoms with Crippen molar-refractivity contribution in [2.45, 2.75) is 96.8 Å². The molecule has 6 rings (SSSR count). The van der Waals surface area contributed by atoms with Gasteiger partial charge in [-0.15, -0.1) is 0 Å². The fraction of sp³-hybridized carbons (Fsp3) is 1.00. The molecule has 2 N–H and O–H groups in total. The van der Waals surface area contributed by atoms with Gasteiger partial charge < -0.3 is 10.2 Å². The Hall–Kier alpha value is -0.120. The first-order valence-corrected chi connectivity index (χ1v) is 13.5. The number of rotatable bonds is 0. The normalized spacial score (nSPS) is 60.7. The maximum atomic E-state index is 11.2. The fourth-order valence-electron chi connectivity index (χ4n) is 10.6. The Kier molecular flexibility index (Phi) is 4.91. The number of piperidine rings is 2. The molecule has 0 radical (unpaired) electrons. The molecule has 3 heteroatoms. The maximum Gasteiger partial charge on any atom is 0.0577 e. The van der Waals surface area contributed by atoms with Crippen LogP contribution in [0, 0.1) is 58.7 Å². The first kappa shape index (κ1) is 20.5. The molecule has 0 aromatic heterocycles. The molecule has 12 unspecified atom stereocenters. The molecule has 170 valence electrons. The van der Waals surface area contributed by atoms with E-state index in [1.54, 1.807) is 0 Å². The van der Waals surface area contributed by atoms with E-state index in [-0.39, 0.29) is 17.6 Å². The molecular formula is C27H45NO2. The highest BCUT2D eigenvalue weighted by atomic mass is 16.3. The van der Waals surface area contributed by atoms with E-state index in [1.165, 1.54) is 45.2 Å². The molecule has 2 aliphatic heterocycles. The summed E-state index contributed by atoms with van der Waals surface area (Å²) in [4.78, 5) is 2.92. The molecule has 0 bridgehead atoms. The molecule has 4 aliphatic carbocycles. The summed E-state index contributed by atoms with van der Waals surface area (Å²) in [6.45, 7) is 10.3. The molecule has 2 saturated heterocycles. The number of hydrogen-bond acceptors (Lipinski definition) is 3. The van der Waals surface area contributed by atoms with Gasteiger partial charge in [-0.05, 0) is 116 Å². The van der Waals surface area contributed by atoms with E-state index in [9.17, 15) is 10.2 Å². The van der Waals surface area contributed by atoms with Crippen molar-refractivity contribution in [3.05, 3.63) is 0 Å². The summed E-state index contributed by atoms with van der Waals surface area (Å²) in [6.07, 6.45) is 10.7. The topological polar surface area (TPSA) is 43.7 Å². The highest BCUT2D eigenvalue weighted by Crippen LogP contribution is 2.67. The summed E-state index contributed by atoms with van der Waals surface area (Å²) in [5, 5.41) is 21.5. The first-order valence-electron chi connectivity index (χ1n) is 13.5. The summed E-state index contributed by atoms with van der Waals surface area (Å²) < 4.78 is 0. The molecule has 6 aliphatic rings. The molecule has 4 saturated carbocycles. The van der Waals surface area contributed by atoms with Crippen molar-refractivity contribution < 1.29 is 10.2 Å². The van der Waals surface area contributed by atoms with Gasteiger partial charge in [-0.2, -0.15) is 0 Å². The Labute approximate surface area is 184 Å². The zero-order chi connectivity index (χ0) is 20.8. The highest BCUT2D eigenvalue weighted by Gasteiger charge is 2.62. The molecule has 0 aromatic rings. The van der Waals surface area contributed by atoms with Gasteiger partial charge in [-0.25, -0.2) is 0 Å². The number of aliphatic hydroxyl groups is 2. The van der Waals surface area contributed by atoms with Crippen LogP contribution in [0.1, 0.15) is 78.6 Å². The van der Waals surface area contributed by atoms with E-state index in [0.29, 0.717) is 5.92 Å². The predicted octanol–water partition coefficient (Wildman–Crippen LogP) is 4.56. The van der Waals surface area contributed by atoms with Crippen molar-refractivity contribution in [3.63, 3.8) is 0 Å². The number of nitrogens with zero attached hydrogens (tertiary/aromatic N) is 1. The van der Waals surface area contributed by atoms with Crippen LogP contribution in [0.15, 0.2) is 0 Å². The lowest BCUT2D eigenvalue weighted by atomic mass is 9.51. The van der Waals surface area contributed by atoms with Crippen LogP contribution >= 0.6 is 0 Å².